The maximum Gasteiger partial charge on any atom is 0.322 e. The number of carbonyl (C=O) groups is 1. The highest BCUT2D eigenvalue weighted by Gasteiger charge is 2.23. The monoisotopic (exact) mass is 329 g/mol. The molecule has 2 amide bonds. The van der Waals surface area contributed by atoms with Gasteiger partial charge in [-0.3, -0.25) is 0 Å². The van der Waals surface area contributed by atoms with Crippen LogP contribution in [-0.4, -0.2) is 41.7 Å². The molecule has 0 saturated carbocycles. The number of nitrogens with two attached hydrogens (primary N) is 1. The Bertz CT molecular complexity index is 765. The first-order valence-corrected chi connectivity index (χ1v) is 7.49. The molecule has 2 heterocycles. The van der Waals surface area contributed by atoms with Gasteiger partial charge in [-0.2, -0.15) is 0 Å². The summed E-state index contributed by atoms with van der Waals surface area (Å²) >= 11 is 0. The number of nitrogens with zero attached hydrogens (tertiary/aromatic N) is 3. The highest BCUT2D eigenvalue weighted by atomic mass is 16.5. The molecular weight excluding hydrogens is 310 g/mol. The average Bonchev–Trinajstić information content (AvgIpc) is 2.61. The van der Waals surface area contributed by atoms with Crippen molar-refractivity contribution in [2.45, 2.75) is 13.0 Å². The lowest BCUT2D eigenvalue weighted by atomic mass is 10.1. The molecule has 0 bridgehead atoms. The van der Waals surface area contributed by atoms with Gasteiger partial charge in [0.1, 0.15) is 11.5 Å². The number of hydrogen-bond acceptors (Lipinski definition) is 6. The number of carbonyl (C=O) groups excluding carboxylic acids is 1. The molecule has 3 rings (SSSR count). The third-order valence-corrected chi connectivity index (χ3v) is 3.90. The van der Waals surface area contributed by atoms with Crippen molar-refractivity contribution in [1.29, 1.82) is 0 Å². The predicted octanol–water partition coefficient (Wildman–Crippen LogP) is 1.67. The zero-order valence-corrected chi connectivity index (χ0v) is 13.6. The van der Waals surface area contributed by atoms with E-state index in [2.05, 4.69) is 15.3 Å². The number of nitrogens with one attached hydrogen (secondary N) is 1. The number of amides is 2. The summed E-state index contributed by atoms with van der Waals surface area (Å²) in [5, 5.41) is 2.86. The number of hydrogen-bond donors (Lipinski definition) is 2. The Morgan fingerprint density at radius 1 is 1.33 bits per heavy atom. The number of urea groups is 1. The van der Waals surface area contributed by atoms with Crippen LogP contribution in [-0.2, 0) is 13.0 Å². The van der Waals surface area contributed by atoms with E-state index in [0.29, 0.717) is 36.7 Å². The van der Waals surface area contributed by atoms with Crippen molar-refractivity contribution >= 4 is 17.7 Å². The van der Waals surface area contributed by atoms with E-state index in [4.69, 9.17) is 15.2 Å². The molecule has 126 valence electrons. The van der Waals surface area contributed by atoms with Crippen LogP contribution in [0, 0.1) is 0 Å². The van der Waals surface area contributed by atoms with Crippen LogP contribution in [0.2, 0.25) is 0 Å². The molecule has 0 radical (unpaired) electrons. The van der Waals surface area contributed by atoms with E-state index in [1.807, 2.05) is 0 Å². The van der Waals surface area contributed by atoms with Crippen molar-refractivity contribution in [3.63, 3.8) is 0 Å². The molecule has 2 aromatic rings. The molecule has 1 aromatic carbocycles. The third kappa shape index (κ3) is 3.17. The van der Waals surface area contributed by atoms with Crippen molar-refractivity contribution in [2.24, 2.45) is 0 Å². The van der Waals surface area contributed by atoms with Gasteiger partial charge in [-0.05, 0) is 24.1 Å². The van der Waals surface area contributed by atoms with Gasteiger partial charge in [0.15, 0.2) is 0 Å². The second-order valence-corrected chi connectivity index (χ2v) is 5.37. The van der Waals surface area contributed by atoms with E-state index in [1.165, 1.54) is 0 Å². The molecule has 1 aliphatic rings. The average molecular weight is 329 g/mol. The second-order valence-electron chi connectivity index (χ2n) is 5.37. The summed E-state index contributed by atoms with van der Waals surface area (Å²) in [6.45, 7) is 0.983. The molecule has 8 heteroatoms. The fourth-order valence-corrected chi connectivity index (χ4v) is 2.59. The van der Waals surface area contributed by atoms with Gasteiger partial charge in [0.05, 0.1) is 32.1 Å². The minimum atomic E-state index is -0.221. The Balaban J connectivity index is 1.74. The van der Waals surface area contributed by atoms with Gasteiger partial charge < -0.3 is 25.4 Å². The highest BCUT2D eigenvalue weighted by molar-refractivity contribution is 5.91. The van der Waals surface area contributed by atoms with Crippen molar-refractivity contribution in [1.82, 2.24) is 14.9 Å². The lowest BCUT2D eigenvalue weighted by Gasteiger charge is -2.28. The Kier molecular flexibility index (Phi) is 4.37. The summed E-state index contributed by atoms with van der Waals surface area (Å²) in [4.78, 5) is 22.4. The topological polar surface area (TPSA) is 103 Å². The molecule has 0 atom stereocenters. The van der Waals surface area contributed by atoms with Crippen LogP contribution in [0.1, 0.15) is 11.3 Å². The first-order valence-electron chi connectivity index (χ1n) is 7.49. The maximum atomic E-state index is 12.5. The van der Waals surface area contributed by atoms with Crippen molar-refractivity contribution in [3.05, 3.63) is 35.7 Å². The minimum Gasteiger partial charge on any atom is -0.497 e. The van der Waals surface area contributed by atoms with Crippen LogP contribution >= 0.6 is 0 Å². The van der Waals surface area contributed by atoms with E-state index in [-0.39, 0.29) is 12.0 Å². The smallest absolute Gasteiger partial charge is 0.322 e. The van der Waals surface area contributed by atoms with Crippen molar-refractivity contribution in [3.8, 4) is 11.5 Å². The summed E-state index contributed by atoms with van der Waals surface area (Å²) in [7, 11) is 3.12. The largest absolute Gasteiger partial charge is 0.497 e. The summed E-state index contributed by atoms with van der Waals surface area (Å²) in [5.41, 5.74) is 8.01. The molecule has 24 heavy (non-hydrogen) atoms. The van der Waals surface area contributed by atoms with Gasteiger partial charge >= 0.3 is 6.03 Å². The number of fused-ring (bicyclic) bond motifs is 1. The number of nitrogen functional groups attached to an aromatic ring is 1. The molecule has 0 saturated heterocycles. The summed E-state index contributed by atoms with van der Waals surface area (Å²) in [6, 6.07) is 5.00. The number of methoxy groups -OCH3 is 2. The number of rotatable bonds is 3. The Morgan fingerprint density at radius 2 is 2.17 bits per heavy atom. The van der Waals surface area contributed by atoms with Gasteiger partial charge in [-0.1, -0.05) is 0 Å². The van der Waals surface area contributed by atoms with Gasteiger partial charge in [-0.25, -0.2) is 14.8 Å². The van der Waals surface area contributed by atoms with Crippen LogP contribution < -0.4 is 20.5 Å². The Hall–Kier alpha value is -3.03. The first kappa shape index (κ1) is 15.9. The number of aromatic nitrogens is 2. The zero-order valence-electron chi connectivity index (χ0n) is 13.6. The molecule has 1 aliphatic heterocycles. The van der Waals surface area contributed by atoms with E-state index in [1.54, 1.807) is 43.5 Å². The van der Waals surface area contributed by atoms with E-state index in [0.717, 1.165) is 11.3 Å². The molecule has 8 nitrogen and oxygen atoms in total. The van der Waals surface area contributed by atoms with E-state index < -0.39 is 0 Å². The van der Waals surface area contributed by atoms with Crippen LogP contribution in [0.15, 0.2) is 24.4 Å². The molecular formula is C16H19N5O3. The zero-order chi connectivity index (χ0) is 17.1. The Morgan fingerprint density at radius 3 is 2.92 bits per heavy atom. The van der Waals surface area contributed by atoms with Crippen molar-refractivity contribution < 1.29 is 14.3 Å². The predicted molar refractivity (Wildman–Crippen MR) is 89.1 cm³/mol. The quantitative estimate of drug-likeness (QED) is 0.888. The Labute approximate surface area is 139 Å². The minimum absolute atomic E-state index is 0.216. The maximum absolute atomic E-state index is 12.5. The number of benzene rings is 1. The molecule has 0 fully saturated rings. The van der Waals surface area contributed by atoms with Gasteiger partial charge in [0.25, 0.3) is 0 Å². The summed E-state index contributed by atoms with van der Waals surface area (Å²) < 4.78 is 10.5. The normalized spacial score (nSPS) is 13.2. The number of anilines is 2. The summed E-state index contributed by atoms with van der Waals surface area (Å²) in [6.07, 6.45) is 2.42. The second kappa shape index (κ2) is 6.61. The fraction of sp³-hybridized carbons (Fsp3) is 0.312. The molecule has 0 spiro atoms. The third-order valence-electron chi connectivity index (χ3n) is 3.90. The number of ether oxygens (including phenoxy) is 2. The lowest BCUT2D eigenvalue weighted by Crippen LogP contribution is -2.39. The summed E-state index contributed by atoms with van der Waals surface area (Å²) in [5.74, 6) is 1.41. The van der Waals surface area contributed by atoms with Crippen LogP contribution in [0.25, 0.3) is 0 Å². The molecule has 0 aliphatic carbocycles. The van der Waals surface area contributed by atoms with Gasteiger partial charge in [0.2, 0.25) is 5.95 Å². The van der Waals surface area contributed by atoms with Crippen molar-refractivity contribution in [2.75, 3.05) is 31.8 Å². The molecule has 1 aromatic heterocycles. The molecule has 0 unspecified atom stereocenters. The SMILES string of the molecule is COc1ccc(NC(=O)N2CCc3cnc(N)nc3C2)c(OC)c1. The van der Waals surface area contributed by atoms with Crippen LogP contribution in [0.4, 0.5) is 16.4 Å². The molecule has 3 N–H and O–H groups in total. The lowest BCUT2D eigenvalue weighted by molar-refractivity contribution is 0.205. The standard InChI is InChI=1S/C16H19N5O3/c1-23-11-3-4-12(14(7-11)24-2)20-16(22)21-6-5-10-8-18-15(17)19-13(10)9-21/h3-4,7-8H,5-6,9H2,1-2H3,(H,20,22)(H2,17,18,19). The van der Waals surface area contributed by atoms with Gasteiger partial charge in [0, 0.05) is 18.8 Å². The van der Waals surface area contributed by atoms with Gasteiger partial charge in [-0.15, -0.1) is 0 Å². The first-order chi connectivity index (χ1) is 11.6. The van der Waals surface area contributed by atoms with E-state index in [9.17, 15) is 4.79 Å². The van der Waals surface area contributed by atoms with Crippen LogP contribution in [0.5, 0.6) is 11.5 Å². The fourth-order valence-electron chi connectivity index (χ4n) is 2.59. The highest BCUT2D eigenvalue weighted by Crippen LogP contribution is 2.29. The van der Waals surface area contributed by atoms with Crippen LogP contribution in [0.3, 0.4) is 0 Å². The van der Waals surface area contributed by atoms with E-state index >= 15 is 0 Å².